The van der Waals surface area contributed by atoms with Gasteiger partial charge in [0.15, 0.2) is 0 Å². The molecule has 0 aliphatic carbocycles. The van der Waals surface area contributed by atoms with Gasteiger partial charge in [0, 0.05) is 6.54 Å². The molecule has 3 nitrogen and oxygen atoms in total. The van der Waals surface area contributed by atoms with Crippen LogP contribution in [0.2, 0.25) is 0 Å². The van der Waals surface area contributed by atoms with E-state index < -0.39 is 0 Å². The molecule has 1 aromatic carbocycles. The van der Waals surface area contributed by atoms with Gasteiger partial charge in [-0.15, -0.1) is 0 Å². The van der Waals surface area contributed by atoms with Crippen molar-refractivity contribution in [3.63, 3.8) is 0 Å². The van der Waals surface area contributed by atoms with E-state index in [1.807, 2.05) is 30.3 Å². The van der Waals surface area contributed by atoms with E-state index in [1.165, 1.54) is 0 Å². The summed E-state index contributed by atoms with van der Waals surface area (Å²) in [5.41, 5.74) is 0. The molecule has 0 saturated heterocycles. The van der Waals surface area contributed by atoms with Crippen LogP contribution in [0.25, 0.3) is 0 Å². The highest BCUT2D eigenvalue weighted by molar-refractivity contribution is 5.20. The van der Waals surface area contributed by atoms with Crippen LogP contribution >= 0.6 is 0 Å². The van der Waals surface area contributed by atoms with Gasteiger partial charge in [0.2, 0.25) is 0 Å². The smallest absolute Gasteiger partial charge is 0.119 e. The van der Waals surface area contributed by atoms with E-state index in [2.05, 4.69) is 5.32 Å². The summed E-state index contributed by atoms with van der Waals surface area (Å²) in [4.78, 5) is 0. The van der Waals surface area contributed by atoms with Crippen molar-refractivity contribution < 1.29 is 9.84 Å². The van der Waals surface area contributed by atoms with Crippen molar-refractivity contribution in [1.82, 2.24) is 5.32 Å². The van der Waals surface area contributed by atoms with E-state index in [0.717, 1.165) is 38.2 Å². The van der Waals surface area contributed by atoms with E-state index in [0.29, 0.717) is 6.54 Å². The maximum absolute atomic E-state index is 8.55. The second kappa shape index (κ2) is 9.19. The van der Waals surface area contributed by atoms with Crippen molar-refractivity contribution in [2.45, 2.75) is 19.3 Å². The Labute approximate surface area is 97.4 Å². The van der Waals surface area contributed by atoms with Gasteiger partial charge in [-0.1, -0.05) is 18.2 Å². The molecule has 0 radical (unpaired) electrons. The maximum atomic E-state index is 8.55. The first-order valence-electron chi connectivity index (χ1n) is 5.93. The van der Waals surface area contributed by atoms with Crippen LogP contribution in [0.5, 0.6) is 5.75 Å². The van der Waals surface area contributed by atoms with Crippen molar-refractivity contribution >= 4 is 0 Å². The molecule has 0 aromatic heterocycles. The summed E-state index contributed by atoms with van der Waals surface area (Å²) in [7, 11) is 0. The van der Waals surface area contributed by atoms with Crippen molar-refractivity contribution in [3.05, 3.63) is 30.3 Å². The van der Waals surface area contributed by atoms with E-state index in [9.17, 15) is 0 Å². The van der Waals surface area contributed by atoms with Crippen LogP contribution in [0.1, 0.15) is 19.3 Å². The number of unbranched alkanes of at least 4 members (excludes halogenated alkanes) is 2. The summed E-state index contributed by atoms with van der Waals surface area (Å²) in [5.74, 6) is 0.945. The Kier molecular flexibility index (Phi) is 7.47. The number of rotatable bonds is 9. The van der Waals surface area contributed by atoms with Gasteiger partial charge in [-0.3, -0.25) is 0 Å². The maximum Gasteiger partial charge on any atom is 0.119 e. The summed E-state index contributed by atoms with van der Waals surface area (Å²) in [6.45, 7) is 2.67. The zero-order valence-electron chi connectivity index (χ0n) is 9.69. The highest BCUT2D eigenvalue weighted by atomic mass is 16.5. The van der Waals surface area contributed by atoms with Crippen LogP contribution in [0, 0.1) is 0 Å². The van der Waals surface area contributed by atoms with Gasteiger partial charge < -0.3 is 15.2 Å². The molecule has 0 saturated carbocycles. The van der Waals surface area contributed by atoms with Crippen LogP contribution in [0.3, 0.4) is 0 Å². The summed E-state index contributed by atoms with van der Waals surface area (Å²) in [6, 6.07) is 9.90. The number of hydrogen-bond donors (Lipinski definition) is 2. The van der Waals surface area contributed by atoms with Gasteiger partial charge in [-0.05, 0) is 37.9 Å². The predicted octanol–water partition coefficient (Wildman–Crippen LogP) is 1.82. The Morgan fingerprint density at radius 2 is 1.81 bits per heavy atom. The molecular formula is C13H21NO2. The van der Waals surface area contributed by atoms with Crippen LogP contribution < -0.4 is 10.1 Å². The Bertz CT molecular complexity index is 251. The van der Waals surface area contributed by atoms with Gasteiger partial charge in [0.25, 0.3) is 0 Å². The molecule has 0 aliphatic heterocycles. The lowest BCUT2D eigenvalue weighted by atomic mass is 10.2. The zero-order valence-corrected chi connectivity index (χ0v) is 9.69. The van der Waals surface area contributed by atoms with E-state index in [4.69, 9.17) is 9.84 Å². The largest absolute Gasteiger partial charge is 0.494 e. The van der Waals surface area contributed by atoms with Gasteiger partial charge in [-0.2, -0.15) is 0 Å². The fraction of sp³-hybridized carbons (Fsp3) is 0.538. The third-order valence-electron chi connectivity index (χ3n) is 2.30. The average molecular weight is 223 g/mol. The number of hydrogen-bond acceptors (Lipinski definition) is 3. The summed E-state index contributed by atoms with van der Waals surface area (Å²) in [5, 5.41) is 11.7. The molecule has 2 N–H and O–H groups in total. The number of benzene rings is 1. The second-order valence-electron chi connectivity index (χ2n) is 3.70. The minimum atomic E-state index is 0.219. The standard InChI is InChI=1S/C13H21NO2/c15-11-10-14-9-5-2-6-12-16-13-7-3-1-4-8-13/h1,3-4,7-8,14-15H,2,5-6,9-12H2. The number of nitrogens with one attached hydrogen (secondary N) is 1. The lowest BCUT2D eigenvalue weighted by Crippen LogP contribution is -2.19. The quantitative estimate of drug-likeness (QED) is 0.627. The van der Waals surface area contributed by atoms with Crippen molar-refractivity contribution in [2.24, 2.45) is 0 Å². The Morgan fingerprint density at radius 3 is 2.56 bits per heavy atom. The topological polar surface area (TPSA) is 41.5 Å². The molecule has 90 valence electrons. The summed E-state index contributed by atoms with van der Waals surface area (Å²) >= 11 is 0. The predicted molar refractivity (Wildman–Crippen MR) is 65.7 cm³/mol. The number of para-hydroxylation sites is 1. The second-order valence-corrected chi connectivity index (χ2v) is 3.70. The number of aliphatic hydroxyl groups is 1. The van der Waals surface area contributed by atoms with E-state index >= 15 is 0 Å². The molecular weight excluding hydrogens is 202 g/mol. The van der Waals surface area contributed by atoms with Gasteiger partial charge in [0.1, 0.15) is 5.75 Å². The first kappa shape index (κ1) is 13.0. The first-order valence-corrected chi connectivity index (χ1v) is 5.93. The highest BCUT2D eigenvalue weighted by Crippen LogP contribution is 2.08. The van der Waals surface area contributed by atoms with Crippen LogP contribution in [-0.2, 0) is 0 Å². The molecule has 0 unspecified atom stereocenters. The summed E-state index contributed by atoms with van der Waals surface area (Å²) < 4.78 is 5.57. The van der Waals surface area contributed by atoms with Crippen molar-refractivity contribution in [2.75, 3.05) is 26.3 Å². The normalized spacial score (nSPS) is 10.3. The third kappa shape index (κ3) is 6.43. The monoisotopic (exact) mass is 223 g/mol. The summed E-state index contributed by atoms with van der Waals surface area (Å²) in [6.07, 6.45) is 3.37. The SMILES string of the molecule is OCCNCCCCCOc1ccccc1. The molecule has 0 bridgehead atoms. The third-order valence-corrected chi connectivity index (χ3v) is 2.30. The minimum Gasteiger partial charge on any atom is -0.494 e. The molecule has 0 heterocycles. The lowest BCUT2D eigenvalue weighted by molar-refractivity contribution is 0.289. The Balaban J connectivity index is 1.89. The highest BCUT2D eigenvalue weighted by Gasteiger charge is 1.92. The molecule has 0 amide bonds. The molecule has 1 aromatic rings. The molecule has 0 spiro atoms. The molecule has 3 heteroatoms. The molecule has 0 fully saturated rings. The fourth-order valence-corrected chi connectivity index (χ4v) is 1.44. The van der Waals surface area contributed by atoms with E-state index in [1.54, 1.807) is 0 Å². The minimum absolute atomic E-state index is 0.219. The first-order chi connectivity index (χ1) is 7.93. The Hall–Kier alpha value is -1.06. The van der Waals surface area contributed by atoms with E-state index in [-0.39, 0.29) is 6.61 Å². The van der Waals surface area contributed by atoms with Crippen LogP contribution in [-0.4, -0.2) is 31.4 Å². The van der Waals surface area contributed by atoms with Crippen molar-refractivity contribution in [3.8, 4) is 5.75 Å². The van der Waals surface area contributed by atoms with Gasteiger partial charge in [0.05, 0.1) is 13.2 Å². The molecule has 0 atom stereocenters. The Morgan fingerprint density at radius 1 is 1.00 bits per heavy atom. The molecule has 16 heavy (non-hydrogen) atoms. The van der Waals surface area contributed by atoms with Gasteiger partial charge in [-0.25, -0.2) is 0 Å². The van der Waals surface area contributed by atoms with Gasteiger partial charge >= 0.3 is 0 Å². The molecule has 1 rings (SSSR count). The lowest BCUT2D eigenvalue weighted by Gasteiger charge is -2.06. The average Bonchev–Trinajstić information content (AvgIpc) is 2.34. The van der Waals surface area contributed by atoms with Crippen LogP contribution in [0.4, 0.5) is 0 Å². The number of aliphatic hydroxyl groups excluding tert-OH is 1. The molecule has 0 aliphatic rings. The van der Waals surface area contributed by atoms with Crippen molar-refractivity contribution in [1.29, 1.82) is 0 Å². The fourth-order valence-electron chi connectivity index (χ4n) is 1.44. The van der Waals surface area contributed by atoms with Crippen LogP contribution in [0.15, 0.2) is 30.3 Å². The number of ether oxygens (including phenoxy) is 1. The zero-order chi connectivity index (χ0) is 11.5.